The van der Waals surface area contributed by atoms with Gasteiger partial charge in [0.2, 0.25) is 5.76 Å². The van der Waals surface area contributed by atoms with Gasteiger partial charge in [0.15, 0.2) is 0 Å². The van der Waals surface area contributed by atoms with Gasteiger partial charge in [-0.15, -0.1) is 0 Å². The van der Waals surface area contributed by atoms with Gasteiger partial charge in [-0.25, -0.2) is 0 Å². The minimum atomic E-state index is -4.43. The summed E-state index contributed by atoms with van der Waals surface area (Å²) in [6.07, 6.45) is -0.0677. The van der Waals surface area contributed by atoms with Crippen LogP contribution >= 0.6 is 0 Å². The van der Waals surface area contributed by atoms with Crippen molar-refractivity contribution in [2.24, 2.45) is 5.73 Å². The quantitative estimate of drug-likeness (QED) is 0.807. The Bertz CT molecular complexity index is 364. The fourth-order valence-corrected chi connectivity index (χ4v) is 2.19. The van der Waals surface area contributed by atoms with Crippen molar-refractivity contribution in [2.75, 3.05) is 0 Å². The van der Waals surface area contributed by atoms with Crippen molar-refractivity contribution < 1.29 is 17.6 Å². The number of hydrogen-bond donors (Lipinski definition) is 1. The van der Waals surface area contributed by atoms with Crippen molar-refractivity contribution in [3.8, 4) is 0 Å². The van der Waals surface area contributed by atoms with Crippen LogP contribution in [0.25, 0.3) is 0 Å². The van der Waals surface area contributed by atoms with E-state index in [1.165, 1.54) is 6.07 Å². The van der Waals surface area contributed by atoms with Gasteiger partial charge >= 0.3 is 6.18 Å². The zero-order chi connectivity index (χ0) is 11.8. The molecule has 0 spiro atoms. The molecule has 1 aromatic heterocycles. The summed E-state index contributed by atoms with van der Waals surface area (Å²) >= 11 is 0. The predicted molar refractivity (Wildman–Crippen MR) is 52.7 cm³/mol. The molecular weight excluding hydrogens is 219 g/mol. The third-order valence-corrected chi connectivity index (χ3v) is 3.12. The number of rotatable bonds is 1. The van der Waals surface area contributed by atoms with Crippen molar-refractivity contribution in [1.82, 2.24) is 0 Å². The summed E-state index contributed by atoms with van der Waals surface area (Å²) in [7, 11) is 0. The lowest BCUT2D eigenvalue weighted by molar-refractivity contribution is -0.153. The van der Waals surface area contributed by atoms with Crippen molar-refractivity contribution in [1.29, 1.82) is 0 Å². The van der Waals surface area contributed by atoms with E-state index in [2.05, 4.69) is 0 Å². The lowest BCUT2D eigenvalue weighted by atomic mass is 9.81. The van der Waals surface area contributed by atoms with Crippen LogP contribution in [-0.4, -0.2) is 0 Å². The molecule has 0 radical (unpaired) electrons. The number of hydrogen-bond acceptors (Lipinski definition) is 2. The zero-order valence-electron chi connectivity index (χ0n) is 8.81. The molecule has 1 aliphatic rings. The molecule has 0 bridgehead atoms. The molecule has 1 heterocycles. The van der Waals surface area contributed by atoms with E-state index in [0.717, 1.165) is 25.3 Å². The Morgan fingerprint density at radius 3 is 2.25 bits per heavy atom. The summed E-state index contributed by atoms with van der Waals surface area (Å²) in [6, 6.07) is 2.31. The van der Waals surface area contributed by atoms with E-state index >= 15 is 0 Å². The molecule has 0 atom stereocenters. The van der Waals surface area contributed by atoms with Crippen LogP contribution in [0.5, 0.6) is 0 Å². The Hall–Kier alpha value is -0.970. The van der Waals surface area contributed by atoms with E-state index in [-0.39, 0.29) is 5.76 Å². The number of nitrogens with two attached hydrogens (primary N) is 1. The molecule has 1 fully saturated rings. The predicted octanol–water partition coefficient (Wildman–Crippen LogP) is 3.42. The Morgan fingerprint density at radius 1 is 1.12 bits per heavy atom. The van der Waals surface area contributed by atoms with Gasteiger partial charge in [0, 0.05) is 0 Å². The summed E-state index contributed by atoms with van der Waals surface area (Å²) in [4.78, 5) is 0. The van der Waals surface area contributed by atoms with Crippen molar-refractivity contribution in [3.05, 3.63) is 23.7 Å². The fourth-order valence-electron chi connectivity index (χ4n) is 2.19. The average molecular weight is 233 g/mol. The van der Waals surface area contributed by atoms with Gasteiger partial charge in [0.25, 0.3) is 0 Å². The fraction of sp³-hybridized carbons (Fsp3) is 0.636. The topological polar surface area (TPSA) is 39.2 Å². The second kappa shape index (κ2) is 3.80. The van der Waals surface area contributed by atoms with Crippen LogP contribution in [0.15, 0.2) is 16.5 Å². The highest BCUT2D eigenvalue weighted by Gasteiger charge is 2.38. The summed E-state index contributed by atoms with van der Waals surface area (Å²) in [6.45, 7) is 0. The van der Waals surface area contributed by atoms with Crippen LogP contribution in [0, 0.1) is 0 Å². The van der Waals surface area contributed by atoms with Gasteiger partial charge in [0.1, 0.15) is 5.76 Å². The van der Waals surface area contributed by atoms with Crippen molar-refractivity contribution in [2.45, 2.75) is 43.8 Å². The lowest BCUT2D eigenvalue weighted by Crippen LogP contribution is -2.38. The molecular formula is C11H14F3NO. The molecule has 0 amide bonds. The van der Waals surface area contributed by atoms with Gasteiger partial charge in [0.05, 0.1) is 5.54 Å². The molecule has 2 N–H and O–H groups in total. The molecule has 0 saturated heterocycles. The maximum absolute atomic E-state index is 12.4. The summed E-state index contributed by atoms with van der Waals surface area (Å²) in [5, 5.41) is 0. The minimum absolute atomic E-state index is 0.263. The molecule has 90 valence electrons. The Kier molecular flexibility index (Phi) is 2.74. The Balaban J connectivity index is 2.24. The number of furan rings is 1. The summed E-state index contributed by atoms with van der Waals surface area (Å²) in [5.74, 6) is -0.697. The number of alkyl halides is 3. The van der Waals surface area contributed by atoms with Crippen molar-refractivity contribution >= 4 is 0 Å². The maximum Gasteiger partial charge on any atom is 0.449 e. The zero-order valence-corrected chi connectivity index (χ0v) is 8.81. The molecule has 2 nitrogen and oxygen atoms in total. The average Bonchev–Trinajstić information content (AvgIpc) is 2.67. The smallest absolute Gasteiger partial charge is 0.449 e. The van der Waals surface area contributed by atoms with E-state index in [0.29, 0.717) is 12.8 Å². The molecule has 0 aliphatic heterocycles. The Labute approximate surface area is 91.6 Å². The maximum atomic E-state index is 12.4. The molecule has 0 aromatic carbocycles. The lowest BCUT2D eigenvalue weighted by Gasteiger charge is -2.31. The van der Waals surface area contributed by atoms with Crippen LogP contribution in [0.1, 0.15) is 43.6 Å². The minimum Gasteiger partial charge on any atom is -0.455 e. The first kappa shape index (κ1) is 11.5. The van der Waals surface area contributed by atoms with E-state index < -0.39 is 17.5 Å². The van der Waals surface area contributed by atoms with Crippen LogP contribution in [0.2, 0.25) is 0 Å². The van der Waals surface area contributed by atoms with E-state index in [1.807, 2.05) is 0 Å². The van der Waals surface area contributed by atoms with Crippen LogP contribution in [-0.2, 0) is 11.7 Å². The summed E-state index contributed by atoms with van der Waals surface area (Å²) in [5.41, 5.74) is 5.37. The van der Waals surface area contributed by atoms with Gasteiger partial charge < -0.3 is 10.2 Å². The molecule has 5 heteroatoms. The first-order valence-electron chi connectivity index (χ1n) is 5.38. The van der Waals surface area contributed by atoms with Crippen LogP contribution < -0.4 is 5.73 Å². The van der Waals surface area contributed by atoms with E-state index in [1.54, 1.807) is 0 Å². The molecule has 1 aromatic rings. The third kappa shape index (κ3) is 2.09. The molecule has 16 heavy (non-hydrogen) atoms. The Morgan fingerprint density at radius 2 is 1.75 bits per heavy atom. The molecule has 1 aliphatic carbocycles. The van der Waals surface area contributed by atoms with Gasteiger partial charge in [-0.2, -0.15) is 13.2 Å². The van der Waals surface area contributed by atoms with E-state index in [4.69, 9.17) is 10.2 Å². The van der Waals surface area contributed by atoms with Crippen LogP contribution in [0.4, 0.5) is 13.2 Å². The SMILES string of the molecule is NC1(c2ccc(C(F)(F)F)o2)CCCCC1. The highest BCUT2D eigenvalue weighted by Crippen LogP contribution is 2.38. The first-order chi connectivity index (χ1) is 7.42. The van der Waals surface area contributed by atoms with E-state index in [9.17, 15) is 13.2 Å². The van der Waals surface area contributed by atoms with Gasteiger partial charge in [-0.3, -0.25) is 0 Å². The molecule has 0 unspecified atom stereocenters. The van der Waals surface area contributed by atoms with Gasteiger partial charge in [-0.05, 0) is 25.0 Å². The van der Waals surface area contributed by atoms with Crippen molar-refractivity contribution in [3.63, 3.8) is 0 Å². The third-order valence-electron chi connectivity index (χ3n) is 3.12. The second-order valence-corrected chi connectivity index (χ2v) is 4.38. The second-order valence-electron chi connectivity index (χ2n) is 4.38. The summed E-state index contributed by atoms with van der Waals surface area (Å²) < 4.78 is 41.9. The highest BCUT2D eigenvalue weighted by molar-refractivity contribution is 5.18. The standard InChI is InChI=1S/C11H14F3NO/c12-11(13,14)9-5-4-8(16-9)10(15)6-2-1-3-7-10/h4-5H,1-3,6-7,15H2. The molecule has 1 saturated carbocycles. The highest BCUT2D eigenvalue weighted by atomic mass is 19.4. The first-order valence-corrected chi connectivity index (χ1v) is 5.38. The van der Waals surface area contributed by atoms with Gasteiger partial charge in [-0.1, -0.05) is 19.3 Å². The largest absolute Gasteiger partial charge is 0.455 e. The normalized spacial score (nSPS) is 21.0. The number of halogens is 3. The van der Waals surface area contributed by atoms with Crippen LogP contribution in [0.3, 0.4) is 0 Å². The monoisotopic (exact) mass is 233 g/mol. The molecule has 2 rings (SSSR count).